The summed E-state index contributed by atoms with van der Waals surface area (Å²) in [7, 11) is 0. The van der Waals surface area contributed by atoms with Gasteiger partial charge >= 0.3 is 0 Å². The van der Waals surface area contributed by atoms with Gasteiger partial charge in [-0.05, 0) is 6.07 Å². The molecule has 0 aromatic heterocycles. The summed E-state index contributed by atoms with van der Waals surface area (Å²) in [6.07, 6.45) is -1.58. The van der Waals surface area contributed by atoms with Crippen LogP contribution in [0.1, 0.15) is 17.2 Å². The molecule has 1 atom stereocenters. The molecule has 0 aliphatic carbocycles. The maximum atomic E-state index is 13.5. The summed E-state index contributed by atoms with van der Waals surface area (Å²) in [6, 6.07) is 7.14. The van der Waals surface area contributed by atoms with Crippen molar-refractivity contribution in [3.05, 3.63) is 70.0 Å². The monoisotopic (exact) mass is 272 g/mol. The first-order valence-corrected chi connectivity index (χ1v) is 5.45. The van der Waals surface area contributed by atoms with Gasteiger partial charge in [0.25, 0.3) is 0 Å². The highest BCUT2D eigenvalue weighted by Gasteiger charge is 2.22. The zero-order valence-electron chi connectivity index (χ0n) is 9.00. The fourth-order valence-electron chi connectivity index (χ4n) is 1.67. The second-order valence-corrected chi connectivity index (χ2v) is 4.11. The molecule has 0 saturated heterocycles. The number of hydrogen-bond donors (Lipinski definition) is 1. The van der Waals surface area contributed by atoms with E-state index in [4.69, 9.17) is 11.6 Å². The summed E-state index contributed by atoms with van der Waals surface area (Å²) in [5, 5.41) is 10.1. The average molecular weight is 273 g/mol. The van der Waals surface area contributed by atoms with E-state index in [2.05, 4.69) is 0 Å². The Morgan fingerprint density at radius 2 is 1.56 bits per heavy atom. The molecule has 0 heterocycles. The van der Waals surface area contributed by atoms with Gasteiger partial charge in [-0.3, -0.25) is 0 Å². The Balaban J connectivity index is 2.53. The molecule has 2 aromatic rings. The van der Waals surface area contributed by atoms with Crippen LogP contribution in [0.15, 0.2) is 36.4 Å². The number of aliphatic hydroxyl groups excluding tert-OH is 1. The van der Waals surface area contributed by atoms with Gasteiger partial charge in [0.05, 0.1) is 5.56 Å². The van der Waals surface area contributed by atoms with Crippen LogP contribution in [0.25, 0.3) is 0 Å². The van der Waals surface area contributed by atoms with Crippen molar-refractivity contribution in [1.82, 2.24) is 0 Å². The number of halogens is 4. The quantitative estimate of drug-likeness (QED) is 0.881. The Morgan fingerprint density at radius 3 is 2.11 bits per heavy atom. The molecule has 5 heteroatoms. The summed E-state index contributed by atoms with van der Waals surface area (Å²) < 4.78 is 39.8. The van der Waals surface area contributed by atoms with Gasteiger partial charge in [-0.2, -0.15) is 0 Å². The number of hydrogen-bond acceptors (Lipinski definition) is 1. The zero-order chi connectivity index (χ0) is 13.3. The highest BCUT2D eigenvalue weighted by Crippen LogP contribution is 2.31. The Bertz CT molecular complexity index is 563. The van der Waals surface area contributed by atoms with E-state index in [-0.39, 0.29) is 10.6 Å². The highest BCUT2D eigenvalue weighted by atomic mass is 35.5. The molecule has 0 amide bonds. The molecule has 0 saturated carbocycles. The third-order valence-electron chi connectivity index (χ3n) is 2.52. The van der Waals surface area contributed by atoms with Crippen molar-refractivity contribution in [3.63, 3.8) is 0 Å². The molecule has 0 aliphatic rings. The van der Waals surface area contributed by atoms with Crippen LogP contribution in [0.5, 0.6) is 0 Å². The van der Waals surface area contributed by atoms with Crippen molar-refractivity contribution in [1.29, 1.82) is 0 Å². The molecule has 2 rings (SSSR count). The van der Waals surface area contributed by atoms with Crippen LogP contribution in [0.2, 0.25) is 5.02 Å². The maximum Gasteiger partial charge on any atom is 0.135 e. The van der Waals surface area contributed by atoms with Gasteiger partial charge in [0, 0.05) is 22.7 Å². The van der Waals surface area contributed by atoms with Gasteiger partial charge in [0.1, 0.15) is 23.6 Å². The molecule has 0 aliphatic heterocycles. The van der Waals surface area contributed by atoms with E-state index >= 15 is 0 Å². The third kappa shape index (κ3) is 2.35. The predicted octanol–water partition coefficient (Wildman–Crippen LogP) is 3.84. The van der Waals surface area contributed by atoms with E-state index in [0.717, 1.165) is 0 Å². The Hall–Kier alpha value is -1.52. The molecule has 1 unspecified atom stereocenters. The lowest BCUT2D eigenvalue weighted by Crippen LogP contribution is -2.07. The van der Waals surface area contributed by atoms with Crippen molar-refractivity contribution >= 4 is 11.6 Å². The van der Waals surface area contributed by atoms with Crippen molar-refractivity contribution in [2.45, 2.75) is 6.10 Å². The third-order valence-corrected chi connectivity index (χ3v) is 2.86. The Kier molecular flexibility index (Phi) is 3.59. The molecule has 1 nitrogen and oxygen atoms in total. The molecule has 2 aromatic carbocycles. The van der Waals surface area contributed by atoms with E-state index < -0.39 is 29.1 Å². The van der Waals surface area contributed by atoms with Crippen LogP contribution in [0, 0.1) is 17.5 Å². The van der Waals surface area contributed by atoms with E-state index in [0.29, 0.717) is 12.1 Å². The molecule has 0 bridgehead atoms. The van der Waals surface area contributed by atoms with Gasteiger partial charge in [0.2, 0.25) is 0 Å². The van der Waals surface area contributed by atoms with Crippen molar-refractivity contribution < 1.29 is 18.3 Å². The van der Waals surface area contributed by atoms with Gasteiger partial charge in [0.15, 0.2) is 0 Å². The minimum Gasteiger partial charge on any atom is -0.383 e. The van der Waals surface area contributed by atoms with Crippen LogP contribution < -0.4 is 0 Å². The SMILES string of the molecule is OC(c1ccccc1Cl)c1c(F)cc(F)cc1F. The zero-order valence-corrected chi connectivity index (χ0v) is 9.76. The van der Waals surface area contributed by atoms with Gasteiger partial charge < -0.3 is 5.11 Å². The standard InChI is InChI=1S/C13H8ClF3O/c14-9-4-2-1-3-8(9)13(18)12-10(16)5-7(15)6-11(12)17/h1-6,13,18H. The van der Waals surface area contributed by atoms with Crippen molar-refractivity contribution in [2.75, 3.05) is 0 Å². The molecule has 0 spiro atoms. The summed E-state index contributed by atoms with van der Waals surface area (Å²) in [5.41, 5.74) is -0.465. The molecule has 18 heavy (non-hydrogen) atoms. The number of aliphatic hydroxyl groups is 1. The Labute approximate surface area is 106 Å². The molecule has 0 fully saturated rings. The topological polar surface area (TPSA) is 20.2 Å². The summed E-state index contributed by atoms with van der Waals surface area (Å²) in [6.45, 7) is 0. The summed E-state index contributed by atoms with van der Waals surface area (Å²) >= 11 is 5.83. The van der Waals surface area contributed by atoms with Crippen molar-refractivity contribution in [2.24, 2.45) is 0 Å². The molecule has 1 N–H and O–H groups in total. The minimum atomic E-state index is -1.58. The summed E-state index contributed by atoms with van der Waals surface area (Å²) in [4.78, 5) is 0. The van der Waals surface area contributed by atoms with E-state index in [1.54, 1.807) is 12.1 Å². The molecule has 94 valence electrons. The predicted molar refractivity (Wildman–Crippen MR) is 61.8 cm³/mol. The minimum absolute atomic E-state index is 0.156. The van der Waals surface area contributed by atoms with Gasteiger partial charge in [-0.15, -0.1) is 0 Å². The van der Waals surface area contributed by atoms with E-state index in [1.165, 1.54) is 12.1 Å². The fraction of sp³-hybridized carbons (Fsp3) is 0.0769. The van der Waals surface area contributed by atoms with Gasteiger partial charge in [-0.25, -0.2) is 13.2 Å². The Morgan fingerprint density at radius 1 is 1.00 bits per heavy atom. The van der Waals surface area contributed by atoms with E-state index in [9.17, 15) is 18.3 Å². The smallest absolute Gasteiger partial charge is 0.135 e. The second-order valence-electron chi connectivity index (χ2n) is 3.71. The van der Waals surface area contributed by atoms with Crippen LogP contribution in [-0.4, -0.2) is 5.11 Å². The first-order valence-electron chi connectivity index (χ1n) is 5.07. The second kappa shape index (κ2) is 5.00. The van der Waals surface area contributed by atoms with Crippen LogP contribution in [0.3, 0.4) is 0 Å². The van der Waals surface area contributed by atoms with Crippen molar-refractivity contribution in [3.8, 4) is 0 Å². The normalized spacial score (nSPS) is 12.5. The summed E-state index contributed by atoms with van der Waals surface area (Å²) in [5.74, 6) is -3.35. The van der Waals surface area contributed by atoms with Crippen LogP contribution in [0.4, 0.5) is 13.2 Å². The van der Waals surface area contributed by atoms with E-state index in [1.807, 2.05) is 0 Å². The molecule has 0 radical (unpaired) electrons. The lowest BCUT2D eigenvalue weighted by atomic mass is 10.0. The van der Waals surface area contributed by atoms with Crippen LogP contribution in [-0.2, 0) is 0 Å². The average Bonchev–Trinajstić information content (AvgIpc) is 2.27. The fourth-order valence-corrected chi connectivity index (χ4v) is 1.91. The largest absolute Gasteiger partial charge is 0.383 e. The maximum absolute atomic E-state index is 13.5. The lowest BCUT2D eigenvalue weighted by molar-refractivity contribution is 0.208. The van der Waals surface area contributed by atoms with Crippen LogP contribution >= 0.6 is 11.6 Å². The first kappa shape index (κ1) is 12.9. The molecular formula is C13H8ClF3O. The molecular weight excluding hydrogens is 265 g/mol. The number of rotatable bonds is 2. The lowest BCUT2D eigenvalue weighted by Gasteiger charge is -2.14. The highest BCUT2D eigenvalue weighted by molar-refractivity contribution is 6.31. The van der Waals surface area contributed by atoms with Gasteiger partial charge in [-0.1, -0.05) is 29.8 Å². The first-order chi connectivity index (χ1) is 8.50. The number of benzene rings is 2.